The van der Waals surface area contributed by atoms with Gasteiger partial charge in [-0.1, -0.05) is 0 Å². The summed E-state index contributed by atoms with van der Waals surface area (Å²) in [6.45, 7) is 0. The molecule has 18 heavy (non-hydrogen) atoms. The number of rotatable bonds is 2. The highest BCUT2D eigenvalue weighted by Crippen LogP contribution is 2.38. The first-order valence-electron chi connectivity index (χ1n) is 4.12. The molecule has 0 spiro atoms. The van der Waals surface area contributed by atoms with Crippen LogP contribution in [0.4, 0.5) is 26.3 Å². The van der Waals surface area contributed by atoms with Crippen molar-refractivity contribution in [3.05, 3.63) is 15.3 Å². The van der Waals surface area contributed by atoms with Crippen LogP contribution >= 0.6 is 22.6 Å². The molecule has 10 heteroatoms. The number of hydrogen-bond donors (Lipinski definition) is 0. The molecular weight excluding hydrogens is 383 g/mol. The largest absolute Gasteiger partial charge is 0.573 e. The molecule has 0 aliphatic carbocycles. The van der Waals surface area contributed by atoms with Gasteiger partial charge in [0.1, 0.15) is 0 Å². The number of nitrogens with zero attached hydrogens (tertiary/aromatic N) is 1. The minimum atomic E-state index is -5.04. The molecule has 0 radical (unpaired) electrons. The number of aromatic nitrogens is 1. The highest BCUT2D eigenvalue weighted by atomic mass is 127. The number of ether oxygens (including phenoxy) is 2. The number of pyridine rings is 1. The first kappa shape index (κ1) is 15.1. The molecule has 0 bridgehead atoms. The van der Waals surface area contributed by atoms with Crippen molar-refractivity contribution in [2.24, 2.45) is 0 Å². The maximum absolute atomic E-state index is 12.4. The summed E-state index contributed by atoms with van der Waals surface area (Å²) in [5, 5.41) is 0. The van der Waals surface area contributed by atoms with Crippen LogP contribution in [0.5, 0.6) is 11.6 Å². The summed E-state index contributed by atoms with van der Waals surface area (Å²) in [5.74, 6) is -1.82. The molecule has 1 rings (SSSR count). The van der Waals surface area contributed by atoms with E-state index in [1.807, 2.05) is 0 Å². The summed E-state index contributed by atoms with van der Waals surface area (Å²) in [6, 6.07) is 0.558. The van der Waals surface area contributed by atoms with Gasteiger partial charge in [0, 0.05) is 9.64 Å². The van der Waals surface area contributed by atoms with Crippen LogP contribution in [0.25, 0.3) is 0 Å². The lowest BCUT2D eigenvalue weighted by Gasteiger charge is -2.15. The Bertz CT molecular complexity index is 444. The van der Waals surface area contributed by atoms with Crippen LogP contribution in [0.1, 0.15) is 5.69 Å². The van der Waals surface area contributed by atoms with Crippen LogP contribution in [0, 0.1) is 3.57 Å². The Balaban J connectivity index is 3.28. The molecular formula is C8H4F6INO2. The van der Waals surface area contributed by atoms with Gasteiger partial charge in [0.05, 0.1) is 7.11 Å². The Labute approximate surface area is 110 Å². The van der Waals surface area contributed by atoms with Gasteiger partial charge < -0.3 is 9.47 Å². The fourth-order valence-corrected chi connectivity index (χ4v) is 1.71. The molecule has 0 fully saturated rings. The van der Waals surface area contributed by atoms with Gasteiger partial charge >= 0.3 is 12.5 Å². The molecule has 102 valence electrons. The molecule has 0 saturated heterocycles. The summed E-state index contributed by atoms with van der Waals surface area (Å²) < 4.78 is 80.7. The monoisotopic (exact) mass is 387 g/mol. The van der Waals surface area contributed by atoms with Crippen LogP contribution in [0.2, 0.25) is 0 Å². The van der Waals surface area contributed by atoms with E-state index in [4.69, 9.17) is 0 Å². The first-order valence-corrected chi connectivity index (χ1v) is 5.20. The number of halogens is 7. The SMILES string of the molecule is COc1nc(C(F)(F)F)c(I)cc1OC(F)(F)F. The standard InChI is InChI=1S/C8H4F6INO2/c1-17-6-4(18-8(12,13)14)2-3(15)5(16-6)7(9,10)11/h2H,1H3. The second kappa shape index (κ2) is 4.97. The van der Waals surface area contributed by atoms with Crippen LogP contribution in [0.3, 0.4) is 0 Å². The quantitative estimate of drug-likeness (QED) is 0.574. The van der Waals surface area contributed by atoms with Gasteiger partial charge in [-0.25, -0.2) is 4.98 Å². The molecule has 0 amide bonds. The van der Waals surface area contributed by atoms with Crippen molar-refractivity contribution in [1.29, 1.82) is 0 Å². The Kier molecular flexibility index (Phi) is 4.18. The molecule has 0 aliphatic rings. The van der Waals surface area contributed by atoms with Gasteiger partial charge in [0.25, 0.3) is 5.88 Å². The van der Waals surface area contributed by atoms with Crippen molar-refractivity contribution in [3.8, 4) is 11.6 Å². The predicted octanol–water partition coefficient (Wildman–Crippen LogP) is 3.61. The van der Waals surface area contributed by atoms with E-state index in [2.05, 4.69) is 14.5 Å². The summed E-state index contributed by atoms with van der Waals surface area (Å²) >= 11 is 1.21. The lowest BCUT2D eigenvalue weighted by atomic mass is 10.3. The Morgan fingerprint density at radius 1 is 1.17 bits per heavy atom. The molecule has 1 heterocycles. The minimum absolute atomic E-state index is 0.528. The average molecular weight is 387 g/mol. The van der Waals surface area contributed by atoms with Gasteiger partial charge in [-0.05, 0) is 22.6 Å². The van der Waals surface area contributed by atoms with E-state index in [0.717, 1.165) is 7.11 Å². The maximum Gasteiger partial charge on any atom is 0.573 e. The maximum atomic E-state index is 12.4. The van der Waals surface area contributed by atoms with Gasteiger partial charge in [-0.15, -0.1) is 13.2 Å². The molecule has 1 aromatic heterocycles. The van der Waals surface area contributed by atoms with E-state index in [1.165, 1.54) is 22.6 Å². The summed E-state index contributed by atoms with van der Waals surface area (Å²) in [4.78, 5) is 2.97. The van der Waals surface area contributed by atoms with Crippen LogP contribution in [0.15, 0.2) is 6.07 Å². The van der Waals surface area contributed by atoms with E-state index < -0.39 is 33.4 Å². The third-order valence-corrected chi connectivity index (χ3v) is 2.42. The Hall–Kier alpha value is -0.940. The molecule has 3 nitrogen and oxygen atoms in total. The second-order valence-corrected chi connectivity index (χ2v) is 4.03. The highest BCUT2D eigenvalue weighted by Gasteiger charge is 2.38. The molecule has 0 aliphatic heterocycles. The third kappa shape index (κ3) is 3.78. The Morgan fingerprint density at radius 3 is 2.11 bits per heavy atom. The first-order chi connectivity index (χ1) is 8.04. The zero-order valence-electron chi connectivity index (χ0n) is 8.49. The predicted molar refractivity (Wildman–Crippen MR) is 55.2 cm³/mol. The van der Waals surface area contributed by atoms with Crippen LogP contribution < -0.4 is 9.47 Å². The van der Waals surface area contributed by atoms with Crippen molar-refractivity contribution in [2.75, 3.05) is 7.11 Å². The van der Waals surface area contributed by atoms with E-state index in [9.17, 15) is 26.3 Å². The van der Waals surface area contributed by atoms with E-state index in [1.54, 1.807) is 0 Å². The minimum Gasteiger partial charge on any atom is -0.478 e. The smallest absolute Gasteiger partial charge is 0.478 e. The van der Waals surface area contributed by atoms with Crippen LogP contribution in [-0.4, -0.2) is 18.5 Å². The number of alkyl halides is 6. The molecule has 0 unspecified atom stereocenters. The topological polar surface area (TPSA) is 31.4 Å². The molecule has 0 atom stereocenters. The van der Waals surface area contributed by atoms with Crippen molar-refractivity contribution in [2.45, 2.75) is 12.5 Å². The average Bonchev–Trinajstić information content (AvgIpc) is 2.13. The van der Waals surface area contributed by atoms with Crippen molar-refractivity contribution in [1.82, 2.24) is 4.98 Å². The molecule has 0 aromatic carbocycles. The molecule has 1 aromatic rings. The Morgan fingerprint density at radius 2 is 1.72 bits per heavy atom. The zero-order valence-corrected chi connectivity index (χ0v) is 10.6. The van der Waals surface area contributed by atoms with Crippen molar-refractivity contribution >= 4 is 22.6 Å². The van der Waals surface area contributed by atoms with Gasteiger partial charge in [-0.2, -0.15) is 13.2 Å². The number of methoxy groups -OCH3 is 1. The van der Waals surface area contributed by atoms with E-state index in [-0.39, 0.29) is 0 Å². The lowest BCUT2D eigenvalue weighted by molar-refractivity contribution is -0.275. The van der Waals surface area contributed by atoms with Crippen molar-refractivity contribution in [3.63, 3.8) is 0 Å². The highest BCUT2D eigenvalue weighted by molar-refractivity contribution is 14.1. The van der Waals surface area contributed by atoms with Crippen molar-refractivity contribution < 1.29 is 35.8 Å². The second-order valence-electron chi connectivity index (χ2n) is 2.87. The third-order valence-electron chi connectivity index (χ3n) is 1.60. The van der Waals surface area contributed by atoms with E-state index in [0.29, 0.717) is 6.07 Å². The van der Waals surface area contributed by atoms with E-state index >= 15 is 0 Å². The number of hydrogen-bond acceptors (Lipinski definition) is 3. The summed E-state index contributed by atoms with van der Waals surface area (Å²) in [6.07, 6.45) is -9.83. The van der Waals surface area contributed by atoms with Crippen LogP contribution in [-0.2, 0) is 6.18 Å². The normalized spacial score (nSPS) is 12.4. The zero-order chi connectivity index (χ0) is 14.1. The lowest BCUT2D eigenvalue weighted by Crippen LogP contribution is -2.19. The van der Waals surface area contributed by atoms with Gasteiger partial charge in [-0.3, -0.25) is 0 Å². The molecule has 0 saturated carbocycles. The van der Waals surface area contributed by atoms with Gasteiger partial charge in [0.15, 0.2) is 11.4 Å². The van der Waals surface area contributed by atoms with Gasteiger partial charge in [0.2, 0.25) is 0 Å². The summed E-state index contributed by atoms with van der Waals surface area (Å²) in [5.41, 5.74) is -1.34. The molecule has 0 N–H and O–H groups in total. The fraction of sp³-hybridized carbons (Fsp3) is 0.375. The summed E-state index contributed by atoms with van der Waals surface area (Å²) in [7, 11) is 0.887. The fourth-order valence-electron chi connectivity index (χ4n) is 0.998.